The lowest BCUT2D eigenvalue weighted by Crippen LogP contribution is -2.19. The number of carbonyl (C=O) groups is 1. The summed E-state index contributed by atoms with van der Waals surface area (Å²) < 4.78 is 0.896. The Bertz CT molecular complexity index is 866. The average molecular weight is 373 g/mol. The Morgan fingerprint density at radius 3 is 2.50 bits per heavy atom. The SMILES string of the molecule is O=C(Nc1nc2ccc(Cl)cc2s1)Nc1ccc(Cl)cc1Cl. The molecule has 4 nitrogen and oxygen atoms in total. The molecule has 0 aliphatic rings. The topological polar surface area (TPSA) is 54.0 Å². The number of fused-ring (bicyclic) bond motifs is 1. The highest BCUT2D eigenvalue weighted by atomic mass is 35.5. The molecule has 0 radical (unpaired) electrons. The number of anilines is 2. The molecule has 0 fully saturated rings. The molecule has 1 heterocycles. The molecular weight excluding hydrogens is 365 g/mol. The van der Waals surface area contributed by atoms with Crippen LogP contribution in [0.1, 0.15) is 0 Å². The third-order valence-corrected chi connectivity index (χ3v) is 4.47. The van der Waals surface area contributed by atoms with E-state index in [2.05, 4.69) is 15.6 Å². The van der Waals surface area contributed by atoms with Crippen molar-refractivity contribution in [3.8, 4) is 0 Å². The van der Waals surface area contributed by atoms with Gasteiger partial charge in [-0.1, -0.05) is 46.1 Å². The molecule has 2 N–H and O–H groups in total. The number of aromatic nitrogens is 1. The zero-order valence-corrected chi connectivity index (χ0v) is 13.9. The molecule has 1 aromatic heterocycles. The van der Waals surface area contributed by atoms with Crippen molar-refractivity contribution in [1.29, 1.82) is 0 Å². The van der Waals surface area contributed by atoms with Crippen molar-refractivity contribution in [2.24, 2.45) is 0 Å². The quantitative estimate of drug-likeness (QED) is 0.588. The van der Waals surface area contributed by atoms with Crippen molar-refractivity contribution in [2.75, 3.05) is 10.6 Å². The van der Waals surface area contributed by atoms with E-state index >= 15 is 0 Å². The summed E-state index contributed by atoms with van der Waals surface area (Å²) in [6.07, 6.45) is 0. The molecule has 112 valence electrons. The molecular formula is C14H8Cl3N3OS. The average Bonchev–Trinajstić information content (AvgIpc) is 2.83. The molecule has 3 aromatic rings. The van der Waals surface area contributed by atoms with Crippen LogP contribution in [0.2, 0.25) is 15.1 Å². The Kier molecular flexibility index (Phi) is 4.40. The third-order valence-electron chi connectivity index (χ3n) is 2.75. The molecule has 22 heavy (non-hydrogen) atoms. The number of amides is 2. The number of hydrogen-bond donors (Lipinski definition) is 2. The number of benzene rings is 2. The fourth-order valence-electron chi connectivity index (χ4n) is 1.79. The van der Waals surface area contributed by atoms with E-state index < -0.39 is 6.03 Å². The lowest BCUT2D eigenvalue weighted by atomic mass is 10.3. The Hall–Kier alpha value is -1.53. The van der Waals surface area contributed by atoms with Crippen molar-refractivity contribution in [3.05, 3.63) is 51.5 Å². The maximum atomic E-state index is 12.0. The molecule has 0 aliphatic carbocycles. The summed E-state index contributed by atoms with van der Waals surface area (Å²) in [5.41, 5.74) is 1.24. The van der Waals surface area contributed by atoms with E-state index in [0.29, 0.717) is 25.9 Å². The minimum Gasteiger partial charge on any atom is -0.306 e. The minimum absolute atomic E-state index is 0.360. The van der Waals surface area contributed by atoms with Crippen LogP contribution >= 0.6 is 46.1 Å². The summed E-state index contributed by atoms with van der Waals surface area (Å²) >= 11 is 19.1. The predicted octanol–water partition coefficient (Wildman–Crippen LogP) is 5.90. The number of hydrogen-bond acceptors (Lipinski definition) is 3. The standard InChI is InChI=1S/C14H8Cl3N3OS/c15-7-1-3-10(9(17)5-7)18-13(21)20-14-19-11-4-2-8(16)6-12(11)22-14/h1-6H,(H2,18,19,20,21). The van der Waals surface area contributed by atoms with Crippen molar-refractivity contribution >= 4 is 73.2 Å². The molecule has 2 amide bonds. The summed E-state index contributed by atoms with van der Waals surface area (Å²) in [6, 6.07) is 9.74. The molecule has 3 rings (SSSR count). The number of urea groups is 1. The van der Waals surface area contributed by atoms with Crippen molar-refractivity contribution in [2.45, 2.75) is 0 Å². The number of thiazole rings is 1. The summed E-state index contributed by atoms with van der Waals surface area (Å²) in [6.45, 7) is 0. The molecule has 0 aliphatic heterocycles. The van der Waals surface area contributed by atoms with Gasteiger partial charge in [-0.3, -0.25) is 5.32 Å². The fraction of sp³-hybridized carbons (Fsp3) is 0. The first kappa shape index (κ1) is 15.4. The molecule has 0 atom stereocenters. The van der Waals surface area contributed by atoms with Gasteiger partial charge in [-0.25, -0.2) is 9.78 Å². The highest BCUT2D eigenvalue weighted by Gasteiger charge is 2.10. The first-order valence-corrected chi connectivity index (χ1v) is 8.05. The monoisotopic (exact) mass is 371 g/mol. The summed E-state index contributed by atoms with van der Waals surface area (Å²) in [7, 11) is 0. The van der Waals surface area contributed by atoms with Crippen molar-refractivity contribution in [3.63, 3.8) is 0 Å². The van der Waals surface area contributed by atoms with Crippen LogP contribution in [-0.4, -0.2) is 11.0 Å². The van der Waals surface area contributed by atoms with Gasteiger partial charge in [0.25, 0.3) is 0 Å². The Balaban J connectivity index is 1.75. The van der Waals surface area contributed by atoms with E-state index in [-0.39, 0.29) is 0 Å². The van der Waals surface area contributed by atoms with Gasteiger partial charge in [0, 0.05) is 10.0 Å². The summed E-state index contributed by atoms with van der Waals surface area (Å²) in [4.78, 5) is 16.3. The lowest BCUT2D eigenvalue weighted by molar-refractivity contribution is 0.262. The van der Waals surface area contributed by atoms with Crippen molar-refractivity contribution < 1.29 is 4.79 Å². The maximum Gasteiger partial charge on any atom is 0.325 e. The van der Waals surface area contributed by atoms with Crippen LogP contribution in [0.4, 0.5) is 15.6 Å². The maximum absolute atomic E-state index is 12.0. The van der Waals surface area contributed by atoms with E-state index in [1.54, 1.807) is 36.4 Å². The van der Waals surface area contributed by atoms with E-state index in [0.717, 1.165) is 10.2 Å². The van der Waals surface area contributed by atoms with Gasteiger partial charge in [-0.2, -0.15) is 0 Å². The van der Waals surface area contributed by atoms with E-state index in [9.17, 15) is 4.79 Å². The van der Waals surface area contributed by atoms with Crippen LogP contribution in [0.3, 0.4) is 0 Å². The van der Waals surface area contributed by atoms with Crippen molar-refractivity contribution in [1.82, 2.24) is 4.98 Å². The number of nitrogens with zero attached hydrogens (tertiary/aromatic N) is 1. The highest BCUT2D eigenvalue weighted by Crippen LogP contribution is 2.29. The smallest absolute Gasteiger partial charge is 0.306 e. The van der Waals surface area contributed by atoms with Crippen LogP contribution in [0, 0.1) is 0 Å². The van der Waals surface area contributed by atoms with Gasteiger partial charge >= 0.3 is 6.03 Å². The number of halogens is 3. The second-order valence-corrected chi connectivity index (χ2v) is 6.65. The first-order chi connectivity index (χ1) is 10.5. The van der Waals surface area contributed by atoms with Crippen LogP contribution in [0.5, 0.6) is 0 Å². The van der Waals surface area contributed by atoms with Crippen LogP contribution in [0.25, 0.3) is 10.2 Å². The van der Waals surface area contributed by atoms with E-state index in [4.69, 9.17) is 34.8 Å². The van der Waals surface area contributed by atoms with Gasteiger partial charge in [-0.05, 0) is 36.4 Å². The minimum atomic E-state index is -0.436. The molecule has 0 bridgehead atoms. The third kappa shape index (κ3) is 3.44. The van der Waals surface area contributed by atoms with Gasteiger partial charge in [0.15, 0.2) is 5.13 Å². The van der Waals surface area contributed by atoms with Crippen LogP contribution in [-0.2, 0) is 0 Å². The second-order valence-electron chi connectivity index (χ2n) is 4.33. The molecule has 8 heteroatoms. The molecule has 0 saturated carbocycles. The lowest BCUT2D eigenvalue weighted by Gasteiger charge is -2.07. The number of carbonyl (C=O) groups excluding carboxylic acids is 1. The second kappa shape index (κ2) is 6.30. The van der Waals surface area contributed by atoms with Gasteiger partial charge < -0.3 is 5.32 Å². The van der Waals surface area contributed by atoms with E-state index in [1.807, 2.05) is 0 Å². The summed E-state index contributed by atoms with van der Waals surface area (Å²) in [5, 5.41) is 7.26. The van der Waals surface area contributed by atoms with Crippen LogP contribution in [0.15, 0.2) is 36.4 Å². The largest absolute Gasteiger partial charge is 0.325 e. The first-order valence-electron chi connectivity index (χ1n) is 6.10. The van der Waals surface area contributed by atoms with Gasteiger partial charge in [-0.15, -0.1) is 0 Å². The Morgan fingerprint density at radius 1 is 1.00 bits per heavy atom. The van der Waals surface area contributed by atoms with Gasteiger partial charge in [0.1, 0.15) is 0 Å². The van der Waals surface area contributed by atoms with Gasteiger partial charge in [0.2, 0.25) is 0 Å². The molecule has 0 unspecified atom stereocenters. The summed E-state index contributed by atoms with van der Waals surface area (Å²) in [5.74, 6) is 0. The number of rotatable bonds is 2. The van der Waals surface area contributed by atoms with Gasteiger partial charge in [0.05, 0.1) is 20.9 Å². The highest BCUT2D eigenvalue weighted by molar-refractivity contribution is 7.22. The number of nitrogens with one attached hydrogen (secondary N) is 2. The van der Waals surface area contributed by atoms with Crippen LogP contribution < -0.4 is 10.6 Å². The molecule has 2 aromatic carbocycles. The molecule has 0 saturated heterocycles. The fourth-order valence-corrected chi connectivity index (χ4v) is 3.39. The van der Waals surface area contributed by atoms with E-state index in [1.165, 1.54) is 11.3 Å². The Labute approximate surface area is 145 Å². The zero-order chi connectivity index (χ0) is 15.7. The Morgan fingerprint density at radius 2 is 1.73 bits per heavy atom. The normalized spacial score (nSPS) is 10.7. The molecule has 0 spiro atoms. The predicted molar refractivity (Wildman–Crippen MR) is 93.7 cm³/mol. The zero-order valence-electron chi connectivity index (χ0n) is 10.9.